The van der Waals surface area contributed by atoms with Crippen molar-refractivity contribution in [2.24, 2.45) is 0 Å². The van der Waals surface area contributed by atoms with Gasteiger partial charge in [-0.15, -0.1) is 11.6 Å². The van der Waals surface area contributed by atoms with Gasteiger partial charge in [0.05, 0.1) is 15.6 Å². The fraction of sp³-hybridized carbons (Fsp3) is 0.222. The van der Waals surface area contributed by atoms with E-state index in [1.54, 1.807) is 0 Å². The van der Waals surface area contributed by atoms with Crippen molar-refractivity contribution in [1.29, 1.82) is 0 Å². The summed E-state index contributed by atoms with van der Waals surface area (Å²) in [4.78, 5) is 21.1. The summed E-state index contributed by atoms with van der Waals surface area (Å²) in [5, 5.41) is 12.3. The molecule has 86 valence electrons. The number of non-ortho nitro benzene ring substituents is 1. The topological polar surface area (TPSA) is 72.2 Å². The van der Waals surface area contributed by atoms with Crippen molar-refractivity contribution in [1.82, 2.24) is 0 Å². The zero-order chi connectivity index (χ0) is 12.3. The first-order valence-electron chi connectivity index (χ1n) is 4.30. The predicted octanol–water partition coefficient (Wildman–Crippen LogP) is 2.81. The van der Waals surface area contributed by atoms with Crippen molar-refractivity contribution < 1.29 is 9.72 Å². The molecule has 0 bridgehead atoms. The highest BCUT2D eigenvalue weighted by Gasteiger charge is 2.13. The smallest absolute Gasteiger partial charge is 0.271 e. The maximum Gasteiger partial charge on any atom is 0.271 e. The third-order valence-corrected chi connectivity index (χ3v) is 2.29. The molecule has 0 saturated heterocycles. The van der Waals surface area contributed by atoms with Crippen molar-refractivity contribution >= 4 is 40.5 Å². The molecule has 16 heavy (non-hydrogen) atoms. The number of nitro benzene ring substituents is 1. The van der Waals surface area contributed by atoms with Gasteiger partial charge in [0.25, 0.3) is 5.69 Å². The molecule has 1 atom stereocenters. The molecule has 1 aromatic carbocycles. The number of benzene rings is 1. The number of alkyl halides is 1. The van der Waals surface area contributed by atoms with E-state index in [1.165, 1.54) is 19.1 Å². The van der Waals surface area contributed by atoms with E-state index in [9.17, 15) is 14.9 Å². The molecule has 7 heteroatoms. The summed E-state index contributed by atoms with van der Waals surface area (Å²) in [6.45, 7) is 1.51. The van der Waals surface area contributed by atoms with Crippen LogP contribution in [0, 0.1) is 10.1 Å². The van der Waals surface area contributed by atoms with E-state index < -0.39 is 16.2 Å². The average Bonchev–Trinajstić information content (AvgIpc) is 2.20. The minimum absolute atomic E-state index is 0.0971. The van der Waals surface area contributed by atoms with Crippen molar-refractivity contribution in [3.8, 4) is 0 Å². The van der Waals surface area contributed by atoms with Crippen LogP contribution < -0.4 is 5.32 Å². The molecular weight excluding hydrogens is 255 g/mol. The van der Waals surface area contributed by atoms with Crippen molar-refractivity contribution in [3.05, 3.63) is 33.3 Å². The van der Waals surface area contributed by atoms with Crippen LogP contribution in [-0.2, 0) is 4.79 Å². The van der Waals surface area contributed by atoms with Crippen LogP contribution in [0.5, 0.6) is 0 Å². The van der Waals surface area contributed by atoms with Crippen molar-refractivity contribution in [3.63, 3.8) is 0 Å². The third kappa shape index (κ3) is 3.08. The summed E-state index contributed by atoms with van der Waals surface area (Å²) >= 11 is 11.3. The molecule has 0 aliphatic rings. The molecule has 0 fully saturated rings. The molecule has 0 aliphatic heterocycles. The molecule has 0 spiro atoms. The second-order valence-corrected chi connectivity index (χ2v) is 4.09. The minimum Gasteiger partial charge on any atom is -0.323 e. The van der Waals surface area contributed by atoms with E-state index in [1.807, 2.05) is 0 Å². The molecule has 0 unspecified atom stereocenters. The lowest BCUT2D eigenvalue weighted by molar-refractivity contribution is -0.384. The number of rotatable bonds is 3. The summed E-state index contributed by atoms with van der Waals surface area (Å²) < 4.78 is 0. The van der Waals surface area contributed by atoms with Gasteiger partial charge >= 0.3 is 0 Å². The monoisotopic (exact) mass is 262 g/mol. The van der Waals surface area contributed by atoms with Gasteiger partial charge < -0.3 is 5.32 Å². The summed E-state index contributed by atoms with van der Waals surface area (Å²) in [5.74, 6) is -0.419. The van der Waals surface area contributed by atoms with E-state index in [0.717, 1.165) is 6.07 Å². The van der Waals surface area contributed by atoms with Gasteiger partial charge in [-0.3, -0.25) is 14.9 Å². The molecule has 0 radical (unpaired) electrons. The average molecular weight is 263 g/mol. The highest BCUT2D eigenvalue weighted by molar-refractivity contribution is 6.35. The highest BCUT2D eigenvalue weighted by atomic mass is 35.5. The first-order chi connectivity index (χ1) is 7.41. The number of halogens is 2. The lowest BCUT2D eigenvalue weighted by Gasteiger charge is -2.07. The molecule has 5 nitrogen and oxygen atoms in total. The molecule has 1 amide bonds. The second kappa shape index (κ2) is 5.14. The normalized spacial score (nSPS) is 11.9. The van der Waals surface area contributed by atoms with Crippen molar-refractivity contribution in [2.45, 2.75) is 12.3 Å². The van der Waals surface area contributed by atoms with Gasteiger partial charge in [-0.1, -0.05) is 11.6 Å². The van der Waals surface area contributed by atoms with E-state index in [4.69, 9.17) is 23.2 Å². The predicted molar refractivity (Wildman–Crippen MR) is 62.1 cm³/mol. The highest BCUT2D eigenvalue weighted by Crippen LogP contribution is 2.26. The first-order valence-corrected chi connectivity index (χ1v) is 5.12. The number of anilines is 1. The van der Waals surface area contributed by atoms with E-state index >= 15 is 0 Å². The van der Waals surface area contributed by atoms with Crippen LogP contribution >= 0.6 is 23.2 Å². The number of carbonyl (C=O) groups is 1. The quantitative estimate of drug-likeness (QED) is 0.517. The molecular formula is C9H8Cl2N2O3. The fourth-order valence-corrected chi connectivity index (χ4v) is 1.23. The lowest BCUT2D eigenvalue weighted by Crippen LogP contribution is -2.20. The molecule has 1 aromatic rings. The zero-order valence-electron chi connectivity index (χ0n) is 8.24. The Morgan fingerprint density at radius 2 is 2.19 bits per heavy atom. The summed E-state index contributed by atoms with van der Waals surface area (Å²) in [6.07, 6.45) is 0. The van der Waals surface area contributed by atoms with E-state index in [-0.39, 0.29) is 10.7 Å². The standard InChI is InChI=1S/C9H8Cl2N2O3/c1-5(10)9(14)12-8-3-2-6(13(15)16)4-7(8)11/h2-5H,1H3,(H,12,14)/t5-/m1/s1. The van der Waals surface area contributed by atoms with Crippen LogP contribution in [0.1, 0.15) is 6.92 Å². The molecule has 0 aliphatic carbocycles. The second-order valence-electron chi connectivity index (χ2n) is 3.03. The lowest BCUT2D eigenvalue weighted by atomic mass is 10.2. The number of carbonyl (C=O) groups excluding carboxylic acids is 1. The Hall–Kier alpha value is -1.33. The summed E-state index contributed by atoms with van der Waals surface area (Å²) in [5.41, 5.74) is 0.159. The van der Waals surface area contributed by atoms with Crippen LogP contribution in [0.15, 0.2) is 18.2 Å². The largest absolute Gasteiger partial charge is 0.323 e. The molecule has 1 rings (SSSR count). The Labute approximate surface area is 101 Å². The van der Waals surface area contributed by atoms with E-state index in [2.05, 4.69) is 5.32 Å². The summed E-state index contributed by atoms with van der Waals surface area (Å²) in [7, 11) is 0. The van der Waals surface area contributed by atoms with Gasteiger partial charge in [0, 0.05) is 12.1 Å². The minimum atomic E-state index is -0.703. The van der Waals surface area contributed by atoms with Crippen molar-refractivity contribution in [2.75, 3.05) is 5.32 Å². The molecule has 1 N–H and O–H groups in total. The maximum absolute atomic E-state index is 11.2. The summed E-state index contributed by atoms with van der Waals surface area (Å²) in [6, 6.07) is 3.77. The molecule has 0 heterocycles. The van der Waals surface area contributed by atoms with Gasteiger partial charge in [0.15, 0.2) is 0 Å². The number of nitrogens with zero attached hydrogens (tertiary/aromatic N) is 1. The fourth-order valence-electron chi connectivity index (χ4n) is 0.951. The third-order valence-electron chi connectivity index (χ3n) is 1.78. The Kier molecular flexibility index (Phi) is 4.09. The van der Waals surface area contributed by atoms with Gasteiger partial charge in [-0.2, -0.15) is 0 Å². The van der Waals surface area contributed by atoms with Gasteiger partial charge in [0.1, 0.15) is 5.38 Å². The maximum atomic E-state index is 11.2. The van der Waals surface area contributed by atoms with Crippen LogP contribution in [0.25, 0.3) is 0 Å². The zero-order valence-corrected chi connectivity index (χ0v) is 9.75. The molecule has 0 saturated carbocycles. The first kappa shape index (κ1) is 12.7. The molecule has 0 aromatic heterocycles. The Bertz CT molecular complexity index is 435. The number of nitro groups is 1. The van der Waals surface area contributed by atoms with Crippen LogP contribution in [0.3, 0.4) is 0 Å². The van der Waals surface area contributed by atoms with Gasteiger partial charge in [0.2, 0.25) is 5.91 Å². The number of hydrogen-bond acceptors (Lipinski definition) is 3. The Balaban J connectivity index is 2.91. The number of nitrogens with one attached hydrogen (secondary N) is 1. The van der Waals surface area contributed by atoms with Crippen LogP contribution in [0.4, 0.5) is 11.4 Å². The van der Waals surface area contributed by atoms with Crippen LogP contribution in [0.2, 0.25) is 5.02 Å². The van der Waals surface area contributed by atoms with E-state index in [0.29, 0.717) is 5.69 Å². The SMILES string of the molecule is C[C@@H](Cl)C(=O)Nc1ccc([N+](=O)[O-])cc1Cl. The number of hydrogen-bond donors (Lipinski definition) is 1. The van der Waals surface area contributed by atoms with Crippen LogP contribution in [-0.4, -0.2) is 16.2 Å². The Morgan fingerprint density at radius 1 is 1.56 bits per heavy atom. The number of amides is 1. The van der Waals surface area contributed by atoms with Gasteiger partial charge in [-0.25, -0.2) is 0 Å². The Morgan fingerprint density at radius 3 is 2.62 bits per heavy atom. The van der Waals surface area contributed by atoms with Gasteiger partial charge in [-0.05, 0) is 13.0 Å².